The SMILES string of the molecule is CCC(C(N)=O)n1cc(B2OC(C)(C)C(C)(C)O2)cn1. The average molecular weight is 279 g/mol. The van der Waals surface area contributed by atoms with Gasteiger partial charge in [-0.3, -0.25) is 9.48 Å². The summed E-state index contributed by atoms with van der Waals surface area (Å²) in [6.45, 7) is 9.88. The van der Waals surface area contributed by atoms with Gasteiger partial charge in [0.2, 0.25) is 5.91 Å². The molecule has 1 saturated heterocycles. The van der Waals surface area contributed by atoms with E-state index in [9.17, 15) is 4.79 Å². The highest BCUT2D eigenvalue weighted by Crippen LogP contribution is 2.36. The van der Waals surface area contributed by atoms with E-state index in [0.717, 1.165) is 5.46 Å². The first kappa shape index (κ1) is 15.1. The summed E-state index contributed by atoms with van der Waals surface area (Å²) < 4.78 is 13.5. The maximum absolute atomic E-state index is 11.4. The van der Waals surface area contributed by atoms with Gasteiger partial charge in [0.05, 0.1) is 11.2 Å². The smallest absolute Gasteiger partial charge is 0.399 e. The van der Waals surface area contributed by atoms with Gasteiger partial charge in [0.15, 0.2) is 0 Å². The molecule has 0 saturated carbocycles. The molecule has 0 spiro atoms. The Morgan fingerprint density at radius 3 is 2.40 bits per heavy atom. The first-order valence-corrected chi connectivity index (χ1v) is 6.87. The lowest BCUT2D eigenvalue weighted by molar-refractivity contribution is -0.121. The normalized spacial score (nSPS) is 21.9. The van der Waals surface area contributed by atoms with E-state index in [2.05, 4.69) is 5.10 Å². The van der Waals surface area contributed by atoms with Gasteiger partial charge in [0.1, 0.15) is 6.04 Å². The van der Waals surface area contributed by atoms with Crippen LogP contribution >= 0.6 is 0 Å². The van der Waals surface area contributed by atoms with Crippen LogP contribution in [0.1, 0.15) is 47.1 Å². The Kier molecular flexibility index (Phi) is 3.68. The second-order valence-corrected chi connectivity index (χ2v) is 6.17. The molecule has 1 aromatic heterocycles. The summed E-state index contributed by atoms with van der Waals surface area (Å²) >= 11 is 0. The number of carbonyl (C=O) groups excluding carboxylic acids is 1. The van der Waals surface area contributed by atoms with E-state index in [1.54, 1.807) is 17.1 Å². The summed E-state index contributed by atoms with van der Waals surface area (Å²) in [5.41, 5.74) is 5.37. The molecule has 0 radical (unpaired) electrons. The molecule has 7 heteroatoms. The third-order valence-corrected chi connectivity index (χ3v) is 4.18. The fourth-order valence-corrected chi connectivity index (χ4v) is 2.14. The fraction of sp³-hybridized carbons (Fsp3) is 0.692. The zero-order valence-corrected chi connectivity index (χ0v) is 12.7. The highest BCUT2D eigenvalue weighted by Gasteiger charge is 2.52. The molecule has 1 aliphatic heterocycles. The minimum Gasteiger partial charge on any atom is -0.399 e. The summed E-state index contributed by atoms with van der Waals surface area (Å²) in [4.78, 5) is 11.4. The molecule has 0 aromatic carbocycles. The van der Waals surface area contributed by atoms with Crippen LogP contribution in [0.15, 0.2) is 12.4 Å². The maximum atomic E-state index is 11.4. The molecular weight excluding hydrogens is 257 g/mol. The molecule has 1 fully saturated rings. The molecular formula is C13H22BN3O3. The molecule has 1 aromatic rings. The number of carbonyl (C=O) groups is 1. The lowest BCUT2D eigenvalue weighted by Crippen LogP contribution is -2.41. The van der Waals surface area contributed by atoms with Crippen molar-refractivity contribution in [3.8, 4) is 0 Å². The molecule has 2 rings (SSSR count). The molecule has 1 amide bonds. The van der Waals surface area contributed by atoms with Crippen molar-refractivity contribution in [1.82, 2.24) is 9.78 Å². The predicted molar refractivity (Wildman–Crippen MR) is 76.5 cm³/mol. The van der Waals surface area contributed by atoms with Crippen molar-refractivity contribution in [2.24, 2.45) is 5.73 Å². The highest BCUT2D eigenvalue weighted by atomic mass is 16.7. The summed E-state index contributed by atoms with van der Waals surface area (Å²) in [6.07, 6.45) is 4.02. The minimum atomic E-state index is -0.473. The topological polar surface area (TPSA) is 79.4 Å². The lowest BCUT2D eigenvalue weighted by Gasteiger charge is -2.32. The average Bonchev–Trinajstić information content (AvgIpc) is 2.84. The summed E-state index contributed by atoms with van der Waals surface area (Å²) in [5.74, 6) is -0.393. The number of primary amides is 1. The van der Waals surface area contributed by atoms with Crippen LogP contribution in [-0.4, -0.2) is 34.0 Å². The second kappa shape index (κ2) is 4.89. The molecule has 0 bridgehead atoms. The summed E-state index contributed by atoms with van der Waals surface area (Å²) in [6, 6.07) is -0.439. The first-order valence-electron chi connectivity index (χ1n) is 6.87. The van der Waals surface area contributed by atoms with Gasteiger partial charge >= 0.3 is 7.12 Å². The van der Waals surface area contributed by atoms with Crippen LogP contribution in [0.4, 0.5) is 0 Å². The Hall–Kier alpha value is -1.34. The molecule has 2 heterocycles. The van der Waals surface area contributed by atoms with Gasteiger partial charge in [0.25, 0.3) is 0 Å². The van der Waals surface area contributed by atoms with E-state index in [4.69, 9.17) is 15.0 Å². The van der Waals surface area contributed by atoms with Gasteiger partial charge in [-0.2, -0.15) is 5.10 Å². The van der Waals surface area contributed by atoms with E-state index in [1.807, 2.05) is 34.6 Å². The largest absolute Gasteiger partial charge is 0.498 e. The van der Waals surface area contributed by atoms with Crippen LogP contribution in [0.25, 0.3) is 0 Å². The van der Waals surface area contributed by atoms with Crippen molar-refractivity contribution in [3.05, 3.63) is 12.4 Å². The Bertz CT molecular complexity index is 497. The van der Waals surface area contributed by atoms with Crippen molar-refractivity contribution in [2.45, 2.75) is 58.3 Å². The molecule has 110 valence electrons. The lowest BCUT2D eigenvalue weighted by atomic mass is 9.82. The molecule has 20 heavy (non-hydrogen) atoms. The first-order chi connectivity index (χ1) is 9.18. The van der Waals surface area contributed by atoms with E-state index in [-0.39, 0.29) is 0 Å². The predicted octanol–water partition coefficient (Wildman–Crippen LogP) is 0.619. The second-order valence-electron chi connectivity index (χ2n) is 6.17. The number of hydrogen-bond acceptors (Lipinski definition) is 4. The van der Waals surface area contributed by atoms with Crippen molar-refractivity contribution >= 4 is 18.5 Å². The Labute approximate surface area is 119 Å². The van der Waals surface area contributed by atoms with Gasteiger partial charge < -0.3 is 15.0 Å². The van der Waals surface area contributed by atoms with Crippen molar-refractivity contribution < 1.29 is 14.1 Å². The zero-order chi connectivity index (χ0) is 15.1. The molecule has 6 nitrogen and oxygen atoms in total. The number of aromatic nitrogens is 2. The van der Waals surface area contributed by atoms with Crippen LogP contribution in [0.5, 0.6) is 0 Å². The highest BCUT2D eigenvalue weighted by molar-refractivity contribution is 6.62. The van der Waals surface area contributed by atoms with Gasteiger partial charge in [0, 0.05) is 17.9 Å². The van der Waals surface area contributed by atoms with Crippen LogP contribution in [0.2, 0.25) is 0 Å². The fourth-order valence-electron chi connectivity index (χ4n) is 2.14. The van der Waals surface area contributed by atoms with Crippen LogP contribution in [0, 0.1) is 0 Å². The van der Waals surface area contributed by atoms with E-state index in [0.29, 0.717) is 6.42 Å². The summed E-state index contributed by atoms with van der Waals surface area (Å²) in [7, 11) is -0.473. The van der Waals surface area contributed by atoms with Gasteiger partial charge in [-0.25, -0.2) is 0 Å². The number of amides is 1. The number of rotatable bonds is 4. The van der Waals surface area contributed by atoms with E-state index in [1.165, 1.54) is 0 Å². The molecule has 1 aliphatic rings. The van der Waals surface area contributed by atoms with Crippen LogP contribution in [0.3, 0.4) is 0 Å². The number of nitrogens with zero attached hydrogens (tertiary/aromatic N) is 2. The van der Waals surface area contributed by atoms with Crippen molar-refractivity contribution in [3.63, 3.8) is 0 Å². The van der Waals surface area contributed by atoms with Crippen molar-refractivity contribution in [2.75, 3.05) is 0 Å². The van der Waals surface area contributed by atoms with E-state index >= 15 is 0 Å². The third-order valence-electron chi connectivity index (χ3n) is 4.18. The van der Waals surface area contributed by atoms with Gasteiger partial charge in [-0.1, -0.05) is 6.92 Å². The number of nitrogens with two attached hydrogens (primary N) is 1. The van der Waals surface area contributed by atoms with E-state index < -0.39 is 30.3 Å². The molecule has 2 N–H and O–H groups in total. The molecule has 1 atom stereocenters. The third kappa shape index (κ3) is 2.47. The van der Waals surface area contributed by atoms with Gasteiger partial charge in [-0.05, 0) is 34.1 Å². The van der Waals surface area contributed by atoms with Crippen LogP contribution in [-0.2, 0) is 14.1 Å². The Morgan fingerprint density at radius 1 is 1.40 bits per heavy atom. The Morgan fingerprint density at radius 2 is 1.95 bits per heavy atom. The van der Waals surface area contributed by atoms with Crippen molar-refractivity contribution in [1.29, 1.82) is 0 Å². The zero-order valence-electron chi connectivity index (χ0n) is 12.7. The van der Waals surface area contributed by atoms with Crippen LogP contribution < -0.4 is 11.2 Å². The Balaban J connectivity index is 2.21. The minimum absolute atomic E-state index is 0.393. The summed E-state index contributed by atoms with van der Waals surface area (Å²) in [5, 5.41) is 4.20. The quantitative estimate of drug-likeness (QED) is 0.819. The number of hydrogen-bond donors (Lipinski definition) is 1. The standard InChI is InChI=1S/C13H22BN3O3/c1-6-10(11(15)18)17-8-9(7-16-17)14-19-12(2,3)13(4,5)20-14/h7-8,10H,6H2,1-5H3,(H2,15,18). The molecule has 0 aliphatic carbocycles. The molecule has 1 unspecified atom stereocenters. The monoisotopic (exact) mass is 279 g/mol. The van der Waals surface area contributed by atoms with Gasteiger partial charge in [-0.15, -0.1) is 0 Å². The maximum Gasteiger partial charge on any atom is 0.498 e.